The normalized spacial score (nSPS) is 25.0. The van der Waals surface area contributed by atoms with Crippen molar-refractivity contribution in [3.05, 3.63) is 47.6 Å². The van der Waals surface area contributed by atoms with Crippen LogP contribution in [0.4, 0.5) is 0 Å². The fraction of sp³-hybridized carbons (Fsp3) is 0.526. The molecule has 2 N–H and O–H groups in total. The Hall–Kier alpha value is -1.81. The molecule has 0 amide bonds. The zero-order chi connectivity index (χ0) is 16.2. The van der Waals surface area contributed by atoms with Crippen LogP contribution in [0, 0.1) is 5.92 Å². The Morgan fingerprint density at radius 3 is 2.91 bits per heavy atom. The van der Waals surface area contributed by atoms with E-state index in [1.165, 1.54) is 18.5 Å². The van der Waals surface area contributed by atoms with Crippen molar-refractivity contribution in [1.82, 2.24) is 10.6 Å². The smallest absolute Gasteiger partial charge is 0.0800 e. The minimum absolute atomic E-state index is 0.335. The molecule has 1 saturated carbocycles. The van der Waals surface area contributed by atoms with Crippen molar-refractivity contribution in [2.24, 2.45) is 10.9 Å². The first-order chi connectivity index (χ1) is 11.2. The molecule has 0 aromatic carbocycles. The number of nitrogens with zero attached hydrogens (tertiary/aromatic N) is 1. The number of rotatable bonds is 7. The van der Waals surface area contributed by atoms with Crippen LogP contribution in [0.1, 0.15) is 39.0 Å². The molecule has 2 heterocycles. The fourth-order valence-electron chi connectivity index (χ4n) is 3.05. The molecule has 0 spiro atoms. The molecule has 2 fully saturated rings. The number of hydrogen-bond acceptors (Lipinski definition) is 4. The topological polar surface area (TPSA) is 45.7 Å². The van der Waals surface area contributed by atoms with Crippen LogP contribution in [-0.4, -0.2) is 25.5 Å². The van der Waals surface area contributed by atoms with Gasteiger partial charge in [0.15, 0.2) is 0 Å². The zero-order valence-corrected chi connectivity index (χ0v) is 14.0. The van der Waals surface area contributed by atoms with Crippen LogP contribution in [0.25, 0.3) is 0 Å². The Balaban J connectivity index is 1.72. The molecule has 1 atom stereocenters. The summed E-state index contributed by atoms with van der Waals surface area (Å²) < 4.78 is 5.53. The lowest BCUT2D eigenvalue weighted by Crippen LogP contribution is -2.36. The third-order valence-electron chi connectivity index (χ3n) is 4.48. The largest absolute Gasteiger partial charge is 0.380 e. The monoisotopic (exact) mass is 313 g/mol. The van der Waals surface area contributed by atoms with E-state index in [1.807, 2.05) is 6.21 Å². The summed E-state index contributed by atoms with van der Waals surface area (Å²) in [5.74, 6) is 0.671. The SMILES string of the molecule is C=C1N=CC(C(=C)NC2CCCOC2)=C1N/C(=C\CC)C1CC1. The van der Waals surface area contributed by atoms with E-state index >= 15 is 0 Å². The van der Waals surface area contributed by atoms with Crippen molar-refractivity contribution >= 4 is 6.21 Å². The quantitative estimate of drug-likeness (QED) is 0.757. The molecule has 3 rings (SSSR count). The molecule has 124 valence electrons. The first-order valence-corrected chi connectivity index (χ1v) is 8.67. The third-order valence-corrected chi connectivity index (χ3v) is 4.48. The maximum atomic E-state index is 5.53. The molecule has 23 heavy (non-hydrogen) atoms. The second-order valence-corrected chi connectivity index (χ2v) is 6.50. The van der Waals surface area contributed by atoms with Crippen molar-refractivity contribution in [2.45, 2.75) is 45.1 Å². The summed E-state index contributed by atoms with van der Waals surface area (Å²) in [7, 11) is 0. The van der Waals surface area contributed by atoms with Crippen LogP contribution in [0.3, 0.4) is 0 Å². The second kappa shape index (κ2) is 7.18. The molecular formula is C19H27N3O. The predicted molar refractivity (Wildman–Crippen MR) is 95.0 cm³/mol. The van der Waals surface area contributed by atoms with Gasteiger partial charge in [-0.05, 0) is 38.0 Å². The van der Waals surface area contributed by atoms with Crippen LogP contribution in [0.5, 0.6) is 0 Å². The molecule has 0 aromatic rings. The van der Waals surface area contributed by atoms with E-state index < -0.39 is 0 Å². The highest BCUT2D eigenvalue weighted by molar-refractivity contribution is 5.90. The highest BCUT2D eigenvalue weighted by Crippen LogP contribution is 2.37. The van der Waals surface area contributed by atoms with Gasteiger partial charge in [0.1, 0.15) is 0 Å². The Morgan fingerprint density at radius 1 is 1.43 bits per heavy atom. The van der Waals surface area contributed by atoms with E-state index in [1.54, 1.807) is 0 Å². The first-order valence-electron chi connectivity index (χ1n) is 8.67. The first kappa shape index (κ1) is 16.1. The maximum Gasteiger partial charge on any atom is 0.0800 e. The van der Waals surface area contributed by atoms with E-state index in [0.717, 1.165) is 55.1 Å². The van der Waals surface area contributed by atoms with E-state index in [0.29, 0.717) is 12.0 Å². The zero-order valence-electron chi connectivity index (χ0n) is 14.0. The minimum atomic E-state index is 0.335. The summed E-state index contributed by atoms with van der Waals surface area (Å²) in [4.78, 5) is 4.39. The average molecular weight is 313 g/mol. The van der Waals surface area contributed by atoms with Crippen LogP contribution in [0.2, 0.25) is 0 Å². The predicted octanol–water partition coefficient (Wildman–Crippen LogP) is 3.41. The van der Waals surface area contributed by atoms with Gasteiger partial charge in [-0.15, -0.1) is 0 Å². The van der Waals surface area contributed by atoms with Crippen LogP contribution in [0.15, 0.2) is 52.6 Å². The van der Waals surface area contributed by atoms with Gasteiger partial charge in [0.05, 0.1) is 18.0 Å². The molecule has 0 bridgehead atoms. The summed E-state index contributed by atoms with van der Waals surface area (Å²) >= 11 is 0. The molecule has 4 heteroatoms. The Morgan fingerprint density at radius 2 is 2.26 bits per heavy atom. The van der Waals surface area contributed by atoms with Gasteiger partial charge in [0, 0.05) is 35.8 Å². The van der Waals surface area contributed by atoms with Gasteiger partial charge < -0.3 is 15.4 Å². The lowest BCUT2D eigenvalue weighted by Gasteiger charge is -2.25. The van der Waals surface area contributed by atoms with Crippen LogP contribution < -0.4 is 10.6 Å². The molecule has 2 aliphatic heterocycles. The summed E-state index contributed by atoms with van der Waals surface area (Å²) in [6.07, 6.45) is 9.94. The second-order valence-electron chi connectivity index (χ2n) is 6.50. The van der Waals surface area contributed by atoms with Gasteiger partial charge in [-0.3, -0.25) is 4.99 Å². The lowest BCUT2D eigenvalue weighted by atomic mass is 10.1. The number of aliphatic imine (C=N–C) groups is 1. The summed E-state index contributed by atoms with van der Waals surface area (Å²) in [5, 5.41) is 7.07. The highest BCUT2D eigenvalue weighted by Gasteiger charge is 2.28. The number of allylic oxidation sites excluding steroid dienone is 3. The van der Waals surface area contributed by atoms with Crippen LogP contribution >= 0.6 is 0 Å². The average Bonchev–Trinajstić information content (AvgIpc) is 3.33. The van der Waals surface area contributed by atoms with Crippen molar-refractivity contribution in [3.8, 4) is 0 Å². The van der Waals surface area contributed by atoms with E-state index in [2.05, 4.69) is 41.8 Å². The van der Waals surface area contributed by atoms with Gasteiger partial charge in [-0.1, -0.05) is 26.2 Å². The van der Waals surface area contributed by atoms with E-state index in [-0.39, 0.29) is 0 Å². The molecule has 1 saturated heterocycles. The minimum Gasteiger partial charge on any atom is -0.380 e. The Labute approximate surface area is 139 Å². The van der Waals surface area contributed by atoms with Crippen LogP contribution in [-0.2, 0) is 4.74 Å². The van der Waals surface area contributed by atoms with Crippen molar-refractivity contribution in [2.75, 3.05) is 13.2 Å². The standard InChI is InChI=1S/C19H27N3O/c1-4-6-18(15-8-9-15)22-19-14(3)20-11-17(19)13(2)21-16-7-5-10-23-12-16/h6,11,15-16,21-22H,2-5,7-10,12H2,1H3/b18-6-. The van der Waals surface area contributed by atoms with Crippen molar-refractivity contribution in [3.63, 3.8) is 0 Å². The summed E-state index contributed by atoms with van der Waals surface area (Å²) in [6, 6.07) is 0.335. The van der Waals surface area contributed by atoms with Gasteiger partial charge in [-0.2, -0.15) is 0 Å². The summed E-state index contributed by atoms with van der Waals surface area (Å²) in [6.45, 7) is 12.1. The van der Waals surface area contributed by atoms with E-state index in [4.69, 9.17) is 4.74 Å². The molecular weight excluding hydrogens is 286 g/mol. The van der Waals surface area contributed by atoms with Gasteiger partial charge in [0.2, 0.25) is 0 Å². The lowest BCUT2D eigenvalue weighted by molar-refractivity contribution is 0.0739. The van der Waals surface area contributed by atoms with E-state index in [9.17, 15) is 0 Å². The Kier molecular flexibility index (Phi) is 5.01. The van der Waals surface area contributed by atoms with Crippen molar-refractivity contribution < 1.29 is 4.74 Å². The number of nitrogens with one attached hydrogen (secondary N) is 2. The van der Waals surface area contributed by atoms with Gasteiger partial charge in [-0.25, -0.2) is 0 Å². The summed E-state index contributed by atoms with van der Waals surface area (Å²) in [5.41, 5.74) is 5.00. The molecule has 0 aromatic heterocycles. The molecule has 0 radical (unpaired) electrons. The maximum absolute atomic E-state index is 5.53. The molecule has 3 aliphatic rings. The highest BCUT2D eigenvalue weighted by atomic mass is 16.5. The van der Waals surface area contributed by atoms with Gasteiger partial charge >= 0.3 is 0 Å². The molecule has 1 unspecified atom stereocenters. The molecule has 1 aliphatic carbocycles. The Bertz CT molecular complexity index is 575. The fourth-order valence-corrected chi connectivity index (χ4v) is 3.05. The van der Waals surface area contributed by atoms with Crippen molar-refractivity contribution in [1.29, 1.82) is 0 Å². The molecule has 4 nitrogen and oxygen atoms in total. The third kappa shape index (κ3) is 3.94. The number of ether oxygens (including phenoxy) is 1. The van der Waals surface area contributed by atoms with Gasteiger partial charge in [0.25, 0.3) is 0 Å². The number of hydrogen-bond donors (Lipinski definition) is 2.